The molecule has 0 aliphatic heterocycles. The number of ether oxygens (including phenoxy) is 1. The fourth-order valence-electron chi connectivity index (χ4n) is 2.67. The number of nitrogens with two attached hydrogens (primary N) is 2. The molecule has 1 aromatic rings. The first kappa shape index (κ1) is 17.9. The first-order chi connectivity index (χ1) is 11.2. The lowest BCUT2D eigenvalue weighted by atomic mass is 9.76. The van der Waals surface area contributed by atoms with Gasteiger partial charge in [0.15, 0.2) is 5.79 Å². The Kier molecular flexibility index (Phi) is 5.22. The van der Waals surface area contributed by atoms with Crippen molar-refractivity contribution in [3.8, 4) is 0 Å². The van der Waals surface area contributed by atoms with Gasteiger partial charge in [-0.15, -0.1) is 5.17 Å². The summed E-state index contributed by atoms with van der Waals surface area (Å²) >= 11 is 0. The minimum absolute atomic E-state index is 0.00976. The summed E-state index contributed by atoms with van der Waals surface area (Å²) in [6.07, 6.45) is 1.03. The predicted molar refractivity (Wildman–Crippen MR) is 81.4 cm³/mol. The average Bonchev–Trinajstić information content (AvgIpc) is 2.53. The van der Waals surface area contributed by atoms with Gasteiger partial charge in [-0.2, -0.15) is 0 Å². The Morgan fingerprint density at radius 1 is 1.38 bits per heavy atom. The van der Waals surface area contributed by atoms with Crippen LogP contribution in [-0.4, -0.2) is 40.0 Å². The number of aromatic nitrogens is 1. The molecule has 1 aromatic heterocycles. The maximum absolute atomic E-state index is 12.4. The van der Waals surface area contributed by atoms with E-state index in [-0.39, 0.29) is 30.8 Å². The molecule has 1 heterocycles. The number of carbonyl (C=O) groups is 2. The van der Waals surface area contributed by atoms with Crippen molar-refractivity contribution >= 4 is 23.4 Å². The number of anilines is 2. The highest BCUT2D eigenvalue weighted by Gasteiger charge is 2.46. The van der Waals surface area contributed by atoms with Crippen molar-refractivity contribution in [1.29, 1.82) is 0 Å². The predicted octanol–water partition coefficient (Wildman–Crippen LogP) is -0.928. The van der Waals surface area contributed by atoms with Crippen LogP contribution >= 0.6 is 0 Å². The third-order valence-corrected chi connectivity index (χ3v) is 3.91. The quantitative estimate of drug-likeness (QED) is 0.233. The second-order valence-corrected chi connectivity index (χ2v) is 5.61. The molecule has 2 atom stereocenters. The third kappa shape index (κ3) is 3.91. The first-order valence-electron chi connectivity index (χ1n) is 7.25. The SMILES string of the molecule is COC(=O)C1CCC(O)(O)CC1C(=O)ON(N)c1ncccc1N. The molecule has 1 aliphatic rings. The van der Waals surface area contributed by atoms with Crippen LogP contribution in [0.5, 0.6) is 0 Å². The van der Waals surface area contributed by atoms with Crippen LogP contribution in [0, 0.1) is 11.8 Å². The second kappa shape index (κ2) is 6.99. The Hall–Kier alpha value is -2.43. The minimum Gasteiger partial charge on any atom is -0.469 e. The Labute approximate surface area is 137 Å². The zero-order chi connectivity index (χ0) is 17.9. The fourth-order valence-corrected chi connectivity index (χ4v) is 2.67. The number of hydrogen-bond donors (Lipinski definition) is 4. The van der Waals surface area contributed by atoms with E-state index in [2.05, 4.69) is 9.72 Å². The van der Waals surface area contributed by atoms with Crippen molar-refractivity contribution in [3.63, 3.8) is 0 Å². The van der Waals surface area contributed by atoms with Crippen molar-refractivity contribution in [3.05, 3.63) is 18.3 Å². The van der Waals surface area contributed by atoms with Crippen molar-refractivity contribution < 1.29 is 29.4 Å². The minimum atomic E-state index is -2.07. The lowest BCUT2D eigenvalue weighted by Crippen LogP contribution is -2.47. The van der Waals surface area contributed by atoms with Gasteiger partial charge < -0.3 is 25.5 Å². The Balaban J connectivity index is 2.15. The van der Waals surface area contributed by atoms with Gasteiger partial charge in [0.05, 0.1) is 24.6 Å². The van der Waals surface area contributed by atoms with Gasteiger partial charge in [0.1, 0.15) is 0 Å². The number of rotatable bonds is 4. The molecule has 6 N–H and O–H groups in total. The molecule has 1 aliphatic carbocycles. The molecule has 0 radical (unpaired) electrons. The van der Waals surface area contributed by atoms with Crippen LogP contribution in [0.3, 0.4) is 0 Å². The van der Waals surface area contributed by atoms with Crippen LogP contribution in [0.4, 0.5) is 11.5 Å². The summed E-state index contributed by atoms with van der Waals surface area (Å²) < 4.78 is 4.66. The molecule has 0 amide bonds. The zero-order valence-corrected chi connectivity index (χ0v) is 13.1. The molecule has 2 rings (SSSR count). The van der Waals surface area contributed by atoms with Gasteiger partial charge in [-0.25, -0.2) is 15.6 Å². The zero-order valence-electron chi connectivity index (χ0n) is 13.1. The summed E-state index contributed by atoms with van der Waals surface area (Å²) in [6, 6.07) is 3.09. The van der Waals surface area contributed by atoms with Crippen LogP contribution in [0.1, 0.15) is 19.3 Å². The number of nitrogens with zero attached hydrogens (tertiary/aromatic N) is 2. The number of hydrazine groups is 1. The molecule has 24 heavy (non-hydrogen) atoms. The normalized spacial score (nSPS) is 22.5. The van der Waals surface area contributed by atoms with E-state index in [4.69, 9.17) is 16.4 Å². The highest BCUT2D eigenvalue weighted by Crippen LogP contribution is 2.37. The van der Waals surface area contributed by atoms with Crippen LogP contribution in [0.2, 0.25) is 0 Å². The summed E-state index contributed by atoms with van der Waals surface area (Å²) in [6.45, 7) is 0. The largest absolute Gasteiger partial charge is 0.469 e. The van der Waals surface area contributed by atoms with E-state index in [0.717, 1.165) is 0 Å². The Morgan fingerprint density at radius 2 is 2.08 bits per heavy atom. The van der Waals surface area contributed by atoms with E-state index in [1.165, 1.54) is 19.4 Å². The summed E-state index contributed by atoms with van der Waals surface area (Å²) in [7, 11) is 1.19. The average molecular weight is 340 g/mol. The van der Waals surface area contributed by atoms with E-state index >= 15 is 0 Å². The molecule has 0 bridgehead atoms. The molecule has 0 aromatic carbocycles. The molecule has 0 saturated heterocycles. The third-order valence-electron chi connectivity index (χ3n) is 3.91. The maximum Gasteiger partial charge on any atom is 0.338 e. The van der Waals surface area contributed by atoms with Gasteiger partial charge in [-0.1, -0.05) is 0 Å². The van der Waals surface area contributed by atoms with E-state index < -0.39 is 29.6 Å². The van der Waals surface area contributed by atoms with Crippen molar-refractivity contribution in [2.75, 3.05) is 18.0 Å². The second-order valence-electron chi connectivity index (χ2n) is 5.61. The van der Waals surface area contributed by atoms with E-state index in [1.807, 2.05) is 0 Å². The number of pyridine rings is 1. The highest BCUT2D eigenvalue weighted by molar-refractivity contribution is 5.83. The monoisotopic (exact) mass is 340 g/mol. The molecule has 2 unspecified atom stereocenters. The Morgan fingerprint density at radius 3 is 2.71 bits per heavy atom. The Bertz CT molecular complexity index is 623. The first-order valence-corrected chi connectivity index (χ1v) is 7.25. The number of esters is 1. The number of aliphatic hydroxyl groups is 2. The van der Waals surface area contributed by atoms with Crippen molar-refractivity contribution in [2.24, 2.45) is 17.7 Å². The number of nitrogen functional groups attached to an aromatic ring is 1. The number of methoxy groups -OCH3 is 1. The molecular formula is C14H20N4O6. The lowest BCUT2D eigenvalue weighted by molar-refractivity contribution is -0.210. The van der Waals surface area contributed by atoms with E-state index in [1.54, 1.807) is 6.07 Å². The fraction of sp³-hybridized carbons (Fsp3) is 0.500. The summed E-state index contributed by atoms with van der Waals surface area (Å²) in [5.41, 5.74) is 5.87. The number of carbonyl (C=O) groups excluding carboxylic acids is 2. The smallest absolute Gasteiger partial charge is 0.338 e. The molecular weight excluding hydrogens is 320 g/mol. The molecule has 1 fully saturated rings. The highest BCUT2D eigenvalue weighted by atomic mass is 16.7. The van der Waals surface area contributed by atoms with E-state index in [0.29, 0.717) is 5.17 Å². The lowest BCUT2D eigenvalue weighted by Gasteiger charge is -2.36. The molecule has 132 valence electrons. The van der Waals surface area contributed by atoms with Crippen LogP contribution in [-0.2, 0) is 19.2 Å². The topological polar surface area (TPSA) is 161 Å². The molecule has 0 spiro atoms. The summed E-state index contributed by atoms with van der Waals surface area (Å²) in [5, 5.41) is 20.1. The van der Waals surface area contributed by atoms with Gasteiger partial charge in [-0.3, -0.25) is 4.79 Å². The molecule has 10 nitrogen and oxygen atoms in total. The van der Waals surface area contributed by atoms with Crippen LogP contribution < -0.4 is 16.7 Å². The summed E-state index contributed by atoms with van der Waals surface area (Å²) in [4.78, 5) is 33.1. The van der Waals surface area contributed by atoms with Gasteiger partial charge in [0.25, 0.3) is 0 Å². The van der Waals surface area contributed by atoms with Crippen LogP contribution in [0.15, 0.2) is 18.3 Å². The van der Waals surface area contributed by atoms with Crippen LogP contribution in [0.25, 0.3) is 0 Å². The van der Waals surface area contributed by atoms with Gasteiger partial charge in [0, 0.05) is 19.0 Å². The standard InChI is InChI=1S/C14H20N4O6/c1-23-12(19)8-4-5-14(21,22)7-9(8)13(20)24-18(16)11-10(15)3-2-6-17-11/h2-3,6,8-9,21-22H,4-5,7,15-16H2,1H3. The van der Waals surface area contributed by atoms with Gasteiger partial charge in [0.2, 0.25) is 5.82 Å². The number of hydrogen-bond acceptors (Lipinski definition) is 10. The molecule has 1 saturated carbocycles. The maximum atomic E-state index is 12.4. The van der Waals surface area contributed by atoms with Crippen molar-refractivity contribution in [1.82, 2.24) is 4.98 Å². The summed E-state index contributed by atoms with van der Waals surface area (Å²) in [5.74, 6) is 0.0420. The van der Waals surface area contributed by atoms with E-state index in [9.17, 15) is 19.8 Å². The van der Waals surface area contributed by atoms with Crippen molar-refractivity contribution in [2.45, 2.75) is 25.0 Å². The van der Waals surface area contributed by atoms with Gasteiger partial charge in [-0.05, 0) is 18.6 Å². The molecule has 10 heteroatoms. The van der Waals surface area contributed by atoms with Gasteiger partial charge >= 0.3 is 11.9 Å².